The van der Waals surface area contributed by atoms with Crippen molar-refractivity contribution in [3.05, 3.63) is 35.9 Å². The summed E-state index contributed by atoms with van der Waals surface area (Å²) in [4.78, 5) is 11.9. The molecule has 0 radical (unpaired) electrons. The number of amides is 1. The van der Waals surface area contributed by atoms with Crippen LogP contribution in [-0.4, -0.2) is 45.0 Å². The molecule has 2 rings (SSSR count). The summed E-state index contributed by atoms with van der Waals surface area (Å²) in [6.07, 6.45) is 8.83. The number of rotatable bonds is 10. The van der Waals surface area contributed by atoms with E-state index in [1.54, 1.807) is 0 Å². The Labute approximate surface area is 157 Å². The van der Waals surface area contributed by atoms with Crippen molar-refractivity contribution in [3.8, 4) is 0 Å². The van der Waals surface area contributed by atoms with Crippen molar-refractivity contribution >= 4 is 15.7 Å². The first-order valence-electron chi connectivity index (χ1n) is 9.79. The molecule has 1 aromatic carbocycles. The van der Waals surface area contributed by atoms with E-state index in [0.717, 1.165) is 5.56 Å². The van der Waals surface area contributed by atoms with Crippen LogP contribution in [-0.2, 0) is 21.1 Å². The third-order valence-electron chi connectivity index (χ3n) is 4.85. The molecule has 0 aliphatic heterocycles. The van der Waals surface area contributed by atoms with E-state index in [2.05, 4.69) is 10.6 Å². The van der Waals surface area contributed by atoms with Gasteiger partial charge < -0.3 is 10.6 Å². The highest BCUT2D eigenvalue weighted by Crippen LogP contribution is 2.16. The molecule has 0 aromatic heterocycles. The maximum absolute atomic E-state index is 12.1. The first-order valence-corrected chi connectivity index (χ1v) is 11.6. The van der Waals surface area contributed by atoms with Crippen LogP contribution in [0.2, 0.25) is 0 Å². The molecule has 146 valence electrons. The Hall–Kier alpha value is -1.40. The molecule has 0 heterocycles. The average molecular weight is 381 g/mol. The predicted octanol–water partition coefficient (Wildman–Crippen LogP) is 2.46. The lowest BCUT2D eigenvalue weighted by Crippen LogP contribution is -2.39. The summed E-state index contributed by atoms with van der Waals surface area (Å²) in [6.45, 7) is 1.18. The van der Waals surface area contributed by atoms with Gasteiger partial charge in [0.1, 0.15) is 5.75 Å². The molecule has 26 heavy (non-hydrogen) atoms. The second kappa shape index (κ2) is 11.3. The van der Waals surface area contributed by atoms with Crippen LogP contribution in [0.3, 0.4) is 0 Å². The van der Waals surface area contributed by atoms with E-state index in [1.807, 2.05) is 30.3 Å². The van der Waals surface area contributed by atoms with E-state index in [-0.39, 0.29) is 5.75 Å². The van der Waals surface area contributed by atoms with Crippen LogP contribution in [0.1, 0.15) is 50.5 Å². The zero-order valence-corrected chi connectivity index (χ0v) is 16.4. The van der Waals surface area contributed by atoms with Crippen molar-refractivity contribution in [2.45, 2.75) is 57.4 Å². The van der Waals surface area contributed by atoms with Gasteiger partial charge in [-0.25, -0.2) is 8.42 Å². The summed E-state index contributed by atoms with van der Waals surface area (Å²) in [6, 6.07) is 10.3. The van der Waals surface area contributed by atoms with Gasteiger partial charge >= 0.3 is 0 Å². The summed E-state index contributed by atoms with van der Waals surface area (Å²) in [5.41, 5.74) is 1.12. The predicted molar refractivity (Wildman–Crippen MR) is 106 cm³/mol. The standard InChI is InChI=1S/C20H32N2O3S/c23-20(22-15-14-21-19-12-6-1-2-7-13-19)17-26(24,25)16-8-11-18-9-4-3-5-10-18/h3-5,9-10,19,21H,1-2,6-8,11-17H2,(H,22,23). The largest absolute Gasteiger partial charge is 0.354 e. The monoisotopic (exact) mass is 380 g/mol. The van der Waals surface area contributed by atoms with Gasteiger partial charge in [0.15, 0.2) is 9.84 Å². The molecule has 0 spiro atoms. The molecule has 1 fully saturated rings. The van der Waals surface area contributed by atoms with Crippen molar-refractivity contribution in [3.63, 3.8) is 0 Å². The third kappa shape index (κ3) is 8.81. The Morgan fingerprint density at radius 3 is 2.38 bits per heavy atom. The van der Waals surface area contributed by atoms with Crippen molar-refractivity contribution < 1.29 is 13.2 Å². The normalized spacial score (nSPS) is 16.2. The molecule has 1 aliphatic carbocycles. The Balaban J connectivity index is 1.58. The first kappa shape index (κ1) is 20.9. The van der Waals surface area contributed by atoms with Gasteiger partial charge in [-0.2, -0.15) is 0 Å². The van der Waals surface area contributed by atoms with Crippen molar-refractivity contribution in [2.75, 3.05) is 24.6 Å². The van der Waals surface area contributed by atoms with Crippen LogP contribution in [0.25, 0.3) is 0 Å². The van der Waals surface area contributed by atoms with Crippen molar-refractivity contribution in [1.82, 2.24) is 10.6 Å². The van der Waals surface area contributed by atoms with Crippen LogP contribution in [0, 0.1) is 0 Å². The number of carbonyl (C=O) groups excluding carboxylic acids is 1. The van der Waals surface area contributed by atoms with Gasteiger partial charge in [-0.3, -0.25) is 4.79 Å². The quantitative estimate of drug-likeness (QED) is 0.483. The molecule has 0 unspecified atom stereocenters. The lowest BCUT2D eigenvalue weighted by molar-refractivity contribution is -0.118. The van der Waals surface area contributed by atoms with Gasteiger partial charge in [0.2, 0.25) is 5.91 Å². The molecule has 0 atom stereocenters. The van der Waals surface area contributed by atoms with Crippen molar-refractivity contribution in [1.29, 1.82) is 0 Å². The van der Waals surface area contributed by atoms with E-state index in [4.69, 9.17) is 0 Å². The van der Waals surface area contributed by atoms with Gasteiger partial charge in [0, 0.05) is 19.1 Å². The number of aryl methyl sites for hydroxylation is 1. The highest BCUT2D eigenvalue weighted by Gasteiger charge is 2.16. The van der Waals surface area contributed by atoms with Crippen LogP contribution in [0.5, 0.6) is 0 Å². The molecule has 1 amide bonds. The van der Waals surface area contributed by atoms with Gasteiger partial charge in [-0.15, -0.1) is 0 Å². The Morgan fingerprint density at radius 2 is 1.69 bits per heavy atom. The van der Waals surface area contributed by atoms with Gasteiger partial charge in [0.25, 0.3) is 0 Å². The molecule has 0 saturated heterocycles. The van der Waals surface area contributed by atoms with E-state index < -0.39 is 21.5 Å². The lowest BCUT2D eigenvalue weighted by Gasteiger charge is -2.16. The smallest absolute Gasteiger partial charge is 0.235 e. The molecule has 2 N–H and O–H groups in total. The Kier molecular flexibility index (Phi) is 9.12. The van der Waals surface area contributed by atoms with E-state index in [9.17, 15) is 13.2 Å². The number of sulfone groups is 1. The molecular weight excluding hydrogens is 348 g/mol. The zero-order valence-electron chi connectivity index (χ0n) is 15.6. The summed E-state index contributed by atoms with van der Waals surface area (Å²) in [5, 5.41) is 6.19. The van der Waals surface area contributed by atoms with Crippen molar-refractivity contribution in [2.24, 2.45) is 0 Å². The fourth-order valence-corrected chi connectivity index (χ4v) is 4.66. The first-order chi connectivity index (χ1) is 12.6. The summed E-state index contributed by atoms with van der Waals surface area (Å²) >= 11 is 0. The van der Waals surface area contributed by atoms with Gasteiger partial charge in [-0.05, 0) is 31.2 Å². The molecule has 6 heteroatoms. The number of benzene rings is 1. The maximum Gasteiger partial charge on any atom is 0.235 e. The minimum Gasteiger partial charge on any atom is -0.354 e. The minimum absolute atomic E-state index is 0.0512. The van der Waals surface area contributed by atoms with E-state index >= 15 is 0 Å². The van der Waals surface area contributed by atoms with Gasteiger partial charge in [0.05, 0.1) is 5.75 Å². The summed E-state index contributed by atoms with van der Waals surface area (Å²) in [7, 11) is -3.35. The minimum atomic E-state index is -3.35. The Morgan fingerprint density at radius 1 is 1.00 bits per heavy atom. The third-order valence-corrected chi connectivity index (χ3v) is 6.46. The lowest BCUT2D eigenvalue weighted by atomic mass is 10.1. The number of hydrogen-bond acceptors (Lipinski definition) is 4. The molecule has 0 bridgehead atoms. The number of nitrogens with one attached hydrogen (secondary N) is 2. The maximum atomic E-state index is 12.1. The summed E-state index contributed by atoms with van der Waals surface area (Å²) < 4.78 is 24.1. The Bertz CT molecular complexity index is 624. The van der Waals surface area contributed by atoms with Crippen LogP contribution < -0.4 is 10.6 Å². The SMILES string of the molecule is O=C(CS(=O)(=O)CCCc1ccccc1)NCCNC1CCCCCC1. The highest BCUT2D eigenvalue weighted by molar-refractivity contribution is 7.92. The number of carbonyl (C=O) groups is 1. The fourth-order valence-electron chi connectivity index (χ4n) is 3.43. The van der Waals surface area contributed by atoms with Crippen LogP contribution in [0.4, 0.5) is 0 Å². The van der Waals surface area contributed by atoms with E-state index in [0.29, 0.717) is 32.0 Å². The van der Waals surface area contributed by atoms with Gasteiger partial charge in [-0.1, -0.05) is 56.0 Å². The molecule has 1 aromatic rings. The van der Waals surface area contributed by atoms with Crippen LogP contribution >= 0.6 is 0 Å². The topological polar surface area (TPSA) is 75.3 Å². The molecular formula is C20H32N2O3S. The summed E-state index contributed by atoms with van der Waals surface area (Å²) in [5.74, 6) is -0.756. The zero-order chi connectivity index (χ0) is 18.7. The molecule has 1 aliphatic rings. The average Bonchev–Trinajstić information content (AvgIpc) is 2.88. The number of hydrogen-bond donors (Lipinski definition) is 2. The molecule has 5 nitrogen and oxygen atoms in total. The van der Waals surface area contributed by atoms with Crippen LogP contribution in [0.15, 0.2) is 30.3 Å². The fraction of sp³-hybridized carbons (Fsp3) is 0.650. The second-order valence-corrected chi connectivity index (χ2v) is 9.36. The van der Waals surface area contributed by atoms with E-state index in [1.165, 1.54) is 38.5 Å². The highest BCUT2D eigenvalue weighted by atomic mass is 32.2. The second-order valence-electron chi connectivity index (χ2n) is 7.17. The molecule has 1 saturated carbocycles.